The molecule has 2 unspecified atom stereocenters. The molecule has 0 amide bonds. The Morgan fingerprint density at radius 1 is 1.50 bits per heavy atom. The Labute approximate surface area is 110 Å². The number of nitrogen functional groups attached to an aromatic ring is 1. The van der Waals surface area contributed by atoms with E-state index in [4.69, 9.17) is 5.73 Å². The van der Waals surface area contributed by atoms with E-state index in [0.29, 0.717) is 6.04 Å². The number of nitrogens with one attached hydrogen (secondary N) is 1. The van der Waals surface area contributed by atoms with Crippen molar-refractivity contribution < 1.29 is 4.92 Å². The van der Waals surface area contributed by atoms with Gasteiger partial charge in [0.15, 0.2) is 0 Å². The first-order valence-corrected chi connectivity index (χ1v) is 7.22. The average molecular weight is 267 g/mol. The number of rotatable bonds is 4. The standard InChI is InChI=1S/C12H17N3O2S/c1-18-10-4-2-8(6-10)14-9-3-5-12(15(16)17)11(13)7-9/h3,5,7-8,10,14H,2,4,6,13H2,1H3. The average Bonchev–Trinajstić information content (AvgIpc) is 2.76. The van der Waals surface area contributed by atoms with Crippen LogP contribution in [0.3, 0.4) is 0 Å². The number of nitrogens with two attached hydrogens (primary N) is 1. The maximum atomic E-state index is 10.7. The Bertz CT molecular complexity index is 453. The molecule has 2 atom stereocenters. The highest BCUT2D eigenvalue weighted by molar-refractivity contribution is 7.99. The summed E-state index contributed by atoms with van der Waals surface area (Å²) in [7, 11) is 0. The van der Waals surface area contributed by atoms with Crippen LogP contribution in [-0.2, 0) is 0 Å². The summed E-state index contributed by atoms with van der Waals surface area (Å²) >= 11 is 1.90. The van der Waals surface area contributed by atoms with Crippen molar-refractivity contribution in [3.05, 3.63) is 28.3 Å². The van der Waals surface area contributed by atoms with E-state index >= 15 is 0 Å². The maximum absolute atomic E-state index is 10.7. The summed E-state index contributed by atoms with van der Waals surface area (Å²) in [5, 5.41) is 14.8. The molecule has 3 N–H and O–H groups in total. The molecule has 0 bridgehead atoms. The van der Waals surface area contributed by atoms with Crippen LogP contribution in [0.15, 0.2) is 18.2 Å². The summed E-state index contributed by atoms with van der Waals surface area (Å²) in [6, 6.07) is 5.27. The zero-order chi connectivity index (χ0) is 13.1. The van der Waals surface area contributed by atoms with Gasteiger partial charge in [-0.05, 0) is 37.7 Å². The molecule has 0 saturated heterocycles. The summed E-state index contributed by atoms with van der Waals surface area (Å²) in [6.45, 7) is 0. The third-order valence-corrected chi connectivity index (χ3v) is 4.41. The van der Waals surface area contributed by atoms with Crippen LogP contribution in [0.1, 0.15) is 19.3 Å². The Morgan fingerprint density at radius 2 is 2.28 bits per heavy atom. The molecule has 0 aromatic heterocycles. The van der Waals surface area contributed by atoms with Crippen molar-refractivity contribution >= 4 is 28.8 Å². The fourth-order valence-corrected chi connectivity index (χ4v) is 3.13. The number of hydrogen-bond donors (Lipinski definition) is 2. The van der Waals surface area contributed by atoms with Gasteiger partial charge in [-0.2, -0.15) is 11.8 Å². The Balaban J connectivity index is 2.02. The largest absolute Gasteiger partial charge is 0.393 e. The SMILES string of the molecule is CSC1CCC(Nc2ccc([N+](=O)[O-])c(N)c2)C1. The van der Waals surface area contributed by atoms with Crippen molar-refractivity contribution in [1.29, 1.82) is 0 Å². The molecule has 1 saturated carbocycles. The van der Waals surface area contributed by atoms with Crippen LogP contribution < -0.4 is 11.1 Å². The molecule has 0 radical (unpaired) electrons. The maximum Gasteiger partial charge on any atom is 0.292 e. The zero-order valence-corrected chi connectivity index (χ0v) is 11.1. The van der Waals surface area contributed by atoms with Gasteiger partial charge in [0.05, 0.1) is 4.92 Å². The van der Waals surface area contributed by atoms with Crippen LogP contribution >= 0.6 is 11.8 Å². The van der Waals surface area contributed by atoms with E-state index in [0.717, 1.165) is 23.8 Å². The lowest BCUT2D eigenvalue weighted by Crippen LogP contribution is -2.16. The lowest BCUT2D eigenvalue weighted by Gasteiger charge is -2.14. The predicted molar refractivity (Wildman–Crippen MR) is 76.1 cm³/mol. The van der Waals surface area contributed by atoms with E-state index in [2.05, 4.69) is 11.6 Å². The number of hydrogen-bond acceptors (Lipinski definition) is 5. The first-order chi connectivity index (χ1) is 8.60. The van der Waals surface area contributed by atoms with Crippen LogP contribution in [0, 0.1) is 10.1 Å². The summed E-state index contributed by atoms with van der Waals surface area (Å²) in [6.07, 6.45) is 5.64. The van der Waals surface area contributed by atoms with Gasteiger partial charge in [-0.3, -0.25) is 10.1 Å². The smallest absolute Gasteiger partial charge is 0.292 e. The van der Waals surface area contributed by atoms with E-state index in [9.17, 15) is 10.1 Å². The van der Waals surface area contributed by atoms with E-state index in [1.54, 1.807) is 12.1 Å². The molecule has 2 rings (SSSR count). The van der Waals surface area contributed by atoms with Gasteiger partial charge in [0, 0.05) is 23.0 Å². The number of anilines is 2. The lowest BCUT2D eigenvalue weighted by atomic mass is 10.2. The first-order valence-electron chi connectivity index (χ1n) is 5.93. The van der Waals surface area contributed by atoms with Crippen LogP contribution in [0.4, 0.5) is 17.1 Å². The van der Waals surface area contributed by atoms with Crippen molar-refractivity contribution in [2.45, 2.75) is 30.6 Å². The number of nitrogens with zero attached hydrogens (tertiary/aromatic N) is 1. The molecule has 18 heavy (non-hydrogen) atoms. The highest BCUT2D eigenvalue weighted by Crippen LogP contribution is 2.31. The molecule has 1 fully saturated rings. The van der Waals surface area contributed by atoms with Gasteiger partial charge in [-0.1, -0.05) is 0 Å². The van der Waals surface area contributed by atoms with Crippen LogP contribution in [0.5, 0.6) is 0 Å². The second-order valence-electron chi connectivity index (χ2n) is 4.54. The predicted octanol–water partition coefficient (Wildman–Crippen LogP) is 2.87. The van der Waals surface area contributed by atoms with Gasteiger partial charge < -0.3 is 11.1 Å². The van der Waals surface area contributed by atoms with Crippen molar-refractivity contribution in [3.63, 3.8) is 0 Å². The molecule has 0 aliphatic heterocycles. The summed E-state index contributed by atoms with van der Waals surface area (Å²) in [4.78, 5) is 10.2. The third-order valence-electron chi connectivity index (χ3n) is 3.31. The van der Waals surface area contributed by atoms with E-state index in [-0.39, 0.29) is 11.4 Å². The minimum atomic E-state index is -0.460. The molecule has 98 valence electrons. The van der Waals surface area contributed by atoms with Crippen molar-refractivity contribution in [3.8, 4) is 0 Å². The van der Waals surface area contributed by atoms with Gasteiger partial charge in [-0.15, -0.1) is 0 Å². The van der Waals surface area contributed by atoms with Crippen LogP contribution in [0.2, 0.25) is 0 Å². The molecule has 0 spiro atoms. The first kappa shape index (κ1) is 13.0. The molecule has 1 aliphatic rings. The molecular formula is C12H17N3O2S. The van der Waals surface area contributed by atoms with Crippen LogP contribution in [0.25, 0.3) is 0 Å². The van der Waals surface area contributed by atoms with Crippen LogP contribution in [-0.4, -0.2) is 22.5 Å². The molecule has 1 aromatic rings. The van der Waals surface area contributed by atoms with E-state index in [1.165, 1.54) is 12.5 Å². The van der Waals surface area contributed by atoms with Crippen molar-refractivity contribution in [2.24, 2.45) is 0 Å². The molecule has 5 nitrogen and oxygen atoms in total. The highest BCUT2D eigenvalue weighted by atomic mass is 32.2. The second-order valence-corrected chi connectivity index (χ2v) is 5.68. The highest BCUT2D eigenvalue weighted by Gasteiger charge is 2.24. The van der Waals surface area contributed by atoms with Gasteiger partial charge >= 0.3 is 0 Å². The Kier molecular flexibility index (Phi) is 3.96. The lowest BCUT2D eigenvalue weighted by molar-refractivity contribution is -0.383. The molecule has 1 aliphatic carbocycles. The number of thioether (sulfide) groups is 1. The number of nitro groups is 1. The quantitative estimate of drug-likeness (QED) is 0.498. The number of benzene rings is 1. The summed E-state index contributed by atoms with van der Waals surface area (Å²) in [5.41, 5.74) is 6.71. The van der Waals surface area contributed by atoms with Crippen molar-refractivity contribution in [2.75, 3.05) is 17.3 Å². The summed E-state index contributed by atoms with van der Waals surface area (Å²) in [5.74, 6) is 0. The summed E-state index contributed by atoms with van der Waals surface area (Å²) < 4.78 is 0. The van der Waals surface area contributed by atoms with E-state index < -0.39 is 4.92 Å². The zero-order valence-electron chi connectivity index (χ0n) is 10.3. The molecule has 6 heteroatoms. The fourth-order valence-electron chi connectivity index (χ4n) is 2.33. The molecule has 0 heterocycles. The topological polar surface area (TPSA) is 81.2 Å². The van der Waals surface area contributed by atoms with Crippen molar-refractivity contribution in [1.82, 2.24) is 0 Å². The number of nitro benzene ring substituents is 1. The second kappa shape index (κ2) is 5.48. The normalized spacial score (nSPS) is 22.9. The van der Waals surface area contributed by atoms with Gasteiger partial charge in [0.2, 0.25) is 0 Å². The minimum absolute atomic E-state index is 0.0334. The monoisotopic (exact) mass is 267 g/mol. The van der Waals surface area contributed by atoms with Gasteiger partial charge in [-0.25, -0.2) is 0 Å². The van der Waals surface area contributed by atoms with Gasteiger partial charge in [0.1, 0.15) is 5.69 Å². The minimum Gasteiger partial charge on any atom is -0.393 e. The fraction of sp³-hybridized carbons (Fsp3) is 0.500. The third kappa shape index (κ3) is 2.87. The van der Waals surface area contributed by atoms with E-state index in [1.807, 2.05) is 11.8 Å². The molecule has 1 aromatic carbocycles. The Hall–Kier alpha value is -1.43. The Morgan fingerprint density at radius 3 is 2.83 bits per heavy atom. The van der Waals surface area contributed by atoms with Gasteiger partial charge in [0.25, 0.3) is 5.69 Å². The molecular weight excluding hydrogens is 250 g/mol.